The van der Waals surface area contributed by atoms with Crippen LogP contribution in [-0.2, 0) is 9.53 Å². The summed E-state index contributed by atoms with van der Waals surface area (Å²) in [7, 11) is 0. The van der Waals surface area contributed by atoms with Crippen molar-refractivity contribution in [3.8, 4) is 0 Å². The zero-order valence-electron chi connectivity index (χ0n) is 9.02. The van der Waals surface area contributed by atoms with Crippen molar-refractivity contribution >= 4 is 5.91 Å². The summed E-state index contributed by atoms with van der Waals surface area (Å²) in [5.74, 6) is 0.144. The van der Waals surface area contributed by atoms with Crippen LogP contribution in [0.2, 0.25) is 0 Å². The second kappa shape index (κ2) is 6.76. The quantitative estimate of drug-likeness (QED) is 0.598. The molecule has 0 aromatic rings. The maximum Gasteiger partial charge on any atom is 0.222 e. The van der Waals surface area contributed by atoms with Crippen molar-refractivity contribution in [3.05, 3.63) is 0 Å². The molecule has 1 rings (SSSR count). The van der Waals surface area contributed by atoms with Crippen LogP contribution in [0.3, 0.4) is 0 Å². The molecule has 0 aromatic carbocycles. The van der Waals surface area contributed by atoms with Crippen LogP contribution in [0.25, 0.3) is 0 Å². The molecular weight excluding hydrogens is 196 g/mol. The minimum Gasteiger partial charge on any atom is -0.394 e. The number of carbonyl (C=O) groups excluding carboxylic acids is 1. The van der Waals surface area contributed by atoms with Gasteiger partial charge in [-0.05, 0) is 19.4 Å². The monoisotopic (exact) mass is 216 g/mol. The van der Waals surface area contributed by atoms with E-state index in [4.69, 9.17) is 15.6 Å². The van der Waals surface area contributed by atoms with Crippen LogP contribution in [0.4, 0.5) is 0 Å². The van der Waals surface area contributed by atoms with Crippen molar-refractivity contribution in [3.63, 3.8) is 0 Å². The summed E-state index contributed by atoms with van der Waals surface area (Å²) in [5, 5.41) is 8.93. The molecule has 0 spiro atoms. The Hall–Kier alpha value is -0.650. The molecule has 1 aliphatic heterocycles. The Balaban J connectivity index is 2.25. The number of rotatable bonds is 5. The fourth-order valence-electron chi connectivity index (χ4n) is 1.64. The summed E-state index contributed by atoms with van der Waals surface area (Å²) in [4.78, 5) is 13.4. The fraction of sp³-hybridized carbons (Fsp3) is 0.900. The van der Waals surface area contributed by atoms with Gasteiger partial charge in [0.25, 0.3) is 0 Å². The van der Waals surface area contributed by atoms with E-state index in [-0.39, 0.29) is 18.6 Å². The normalized spacial score (nSPS) is 21.7. The van der Waals surface area contributed by atoms with Gasteiger partial charge in [-0.1, -0.05) is 0 Å². The topological polar surface area (TPSA) is 75.8 Å². The second-order valence-electron chi connectivity index (χ2n) is 3.76. The maximum absolute atomic E-state index is 11.7. The van der Waals surface area contributed by atoms with Gasteiger partial charge < -0.3 is 20.5 Å². The molecule has 0 aliphatic carbocycles. The number of hydrogen-bond donors (Lipinski definition) is 2. The third-order valence-electron chi connectivity index (χ3n) is 2.54. The van der Waals surface area contributed by atoms with Crippen LogP contribution >= 0.6 is 0 Å². The first-order valence-electron chi connectivity index (χ1n) is 5.48. The Labute approximate surface area is 90.2 Å². The van der Waals surface area contributed by atoms with Crippen LogP contribution < -0.4 is 5.73 Å². The van der Waals surface area contributed by atoms with Crippen molar-refractivity contribution in [1.82, 2.24) is 4.90 Å². The van der Waals surface area contributed by atoms with E-state index >= 15 is 0 Å². The molecule has 5 heteroatoms. The van der Waals surface area contributed by atoms with Gasteiger partial charge >= 0.3 is 0 Å². The Kier molecular flexibility index (Phi) is 5.60. The van der Waals surface area contributed by atoms with Gasteiger partial charge in [0.1, 0.15) is 0 Å². The highest BCUT2D eigenvalue weighted by molar-refractivity contribution is 5.76. The molecule has 0 bridgehead atoms. The van der Waals surface area contributed by atoms with Crippen LogP contribution in [0, 0.1) is 0 Å². The number of amides is 1. The molecule has 1 aliphatic rings. The number of nitrogens with zero attached hydrogens (tertiary/aromatic N) is 1. The lowest BCUT2D eigenvalue weighted by molar-refractivity contribution is -0.140. The van der Waals surface area contributed by atoms with E-state index in [0.29, 0.717) is 32.7 Å². The van der Waals surface area contributed by atoms with E-state index in [1.807, 2.05) is 0 Å². The molecule has 0 radical (unpaired) electrons. The molecule has 15 heavy (non-hydrogen) atoms. The Morgan fingerprint density at radius 1 is 1.53 bits per heavy atom. The highest BCUT2D eigenvalue weighted by Crippen LogP contribution is 2.08. The smallest absolute Gasteiger partial charge is 0.222 e. The first kappa shape index (κ1) is 12.4. The maximum atomic E-state index is 11.7. The predicted molar refractivity (Wildman–Crippen MR) is 56.3 cm³/mol. The highest BCUT2D eigenvalue weighted by Gasteiger charge is 2.22. The van der Waals surface area contributed by atoms with E-state index in [2.05, 4.69) is 0 Å². The summed E-state index contributed by atoms with van der Waals surface area (Å²) >= 11 is 0. The highest BCUT2D eigenvalue weighted by atomic mass is 16.5. The zero-order valence-corrected chi connectivity index (χ0v) is 9.02. The minimum atomic E-state index is -0.211. The first-order chi connectivity index (χ1) is 7.27. The number of nitrogens with two attached hydrogens (primary N) is 1. The fourth-order valence-corrected chi connectivity index (χ4v) is 1.64. The summed E-state index contributed by atoms with van der Waals surface area (Å²) in [6, 6.07) is 0. The number of carbonyl (C=O) groups is 1. The van der Waals surface area contributed by atoms with Gasteiger partial charge in [0.15, 0.2) is 0 Å². The number of unbranched alkanes of at least 4 members (excludes halogenated alkanes) is 1. The van der Waals surface area contributed by atoms with Gasteiger partial charge in [-0.25, -0.2) is 0 Å². The molecule has 1 saturated heterocycles. The summed E-state index contributed by atoms with van der Waals surface area (Å²) in [6.07, 6.45) is 2.07. The van der Waals surface area contributed by atoms with E-state index in [9.17, 15) is 4.79 Å². The van der Waals surface area contributed by atoms with E-state index < -0.39 is 0 Å². The molecule has 88 valence electrons. The average molecular weight is 216 g/mol. The summed E-state index contributed by atoms with van der Waals surface area (Å²) in [6.45, 7) is 2.28. The number of aliphatic hydroxyl groups is 1. The van der Waals surface area contributed by atoms with Crippen molar-refractivity contribution in [2.45, 2.75) is 25.4 Å². The molecule has 3 N–H and O–H groups in total. The van der Waals surface area contributed by atoms with Crippen LogP contribution in [-0.4, -0.2) is 54.9 Å². The molecule has 1 atom stereocenters. The number of ether oxygens (including phenoxy) is 1. The first-order valence-corrected chi connectivity index (χ1v) is 5.48. The Morgan fingerprint density at radius 3 is 3.00 bits per heavy atom. The van der Waals surface area contributed by atoms with E-state index in [1.165, 1.54) is 0 Å². The zero-order chi connectivity index (χ0) is 11.1. The Morgan fingerprint density at radius 2 is 2.33 bits per heavy atom. The van der Waals surface area contributed by atoms with Crippen molar-refractivity contribution in [2.75, 3.05) is 32.8 Å². The van der Waals surface area contributed by atoms with E-state index in [1.54, 1.807) is 4.90 Å². The Bertz CT molecular complexity index is 199. The summed E-state index contributed by atoms with van der Waals surface area (Å²) < 4.78 is 5.27. The average Bonchev–Trinajstić information content (AvgIpc) is 2.29. The van der Waals surface area contributed by atoms with E-state index in [0.717, 1.165) is 12.8 Å². The SMILES string of the molecule is NCCCCC(=O)N1CCOC(CO)C1. The lowest BCUT2D eigenvalue weighted by Crippen LogP contribution is -2.46. The van der Waals surface area contributed by atoms with Crippen molar-refractivity contribution in [1.29, 1.82) is 0 Å². The summed E-state index contributed by atoms with van der Waals surface area (Å²) in [5.41, 5.74) is 5.36. The van der Waals surface area contributed by atoms with Gasteiger partial charge in [-0.15, -0.1) is 0 Å². The number of hydrogen-bond acceptors (Lipinski definition) is 4. The van der Waals surface area contributed by atoms with Gasteiger partial charge in [-0.3, -0.25) is 4.79 Å². The number of morpholine rings is 1. The third-order valence-corrected chi connectivity index (χ3v) is 2.54. The molecule has 0 aromatic heterocycles. The van der Waals surface area contributed by atoms with Gasteiger partial charge in [0, 0.05) is 19.5 Å². The van der Waals surface area contributed by atoms with Crippen molar-refractivity contribution in [2.24, 2.45) is 5.73 Å². The van der Waals surface area contributed by atoms with Gasteiger partial charge in [0.2, 0.25) is 5.91 Å². The molecular formula is C10H20N2O3. The van der Waals surface area contributed by atoms with Gasteiger partial charge in [-0.2, -0.15) is 0 Å². The largest absolute Gasteiger partial charge is 0.394 e. The standard InChI is InChI=1S/C10H20N2O3/c11-4-2-1-3-10(14)12-5-6-15-9(7-12)8-13/h9,13H,1-8,11H2. The molecule has 1 amide bonds. The molecule has 1 unspecified atom stereocenters. The number of aliphatic hydroxyl groups excluding tert-OH is 1. The minimum absolute atomic E-state index is 0.0212. The predicted octanol–water partition coefficient (Wildman–Crippen LogP) is -0.665. The van der Waals surface area contributed by atoms with Gasteiger partial charge in [0.05, 0.1) is 19.3 Å². The van der Waals surface area contributed by atoms with Crippen molar-refractivity contribution < 1.29 is 14.6 Å². The van der Waals surface area contributed by atoms with Crippen LogP contribution in [0.15, 0.2) is 0 Å². The lowest BCUT2D eigenvalue weighted by Gasteiger charge is -2.32. The molecule has 5 nitrogen and oxygen atoms in total. The third kappa shape index (κ3) is 4.15. The molecule has 1 heterocycles. The second-order valence-corrected chi connectivity index (χ2v) is 3.76. The van der Waals surface area contributed by atoms with Crippen LogP contribution in [0.5, 0.6) is 0 Å². The lowest BCUT2D eigenvalue weighted by atomic mass is 10.2. The molecule has 1 fully saturated rings. The molecule has 0 saturated carbocycles. The van der Waals surface area contributed by atoms with Crippen LogP contribution in [0.1, 0.15) is 19.3 Å².